The molecule has 0 aromatic rings. The van der Waals surface area contributed by atoms with E-state index in [0.717, 1.165) is 38.5 Å². The number of carbonyl (C=O) groups is 2. The fraction of sp³-hybridized carbons (Fsp3) is 0.944. The summed E-state index contributed by atoms with van der Waals surface area (Å²) in [7, 11) is 0. The predicted octanol–water partition coefficient (Wildman–Crippen LogP) is 23.1. The van der Waals surface area contributed by atoms with Crippen LogP contribution >= 0.6 is 0 Å². The van der Waals surface area contributed by atoms with E-state index < -0.39 is 12.1 Å². The van der Waals surface area contributed by atoms with Crippen LogP contribution in [0.4, 0.5) is 0 Å². The summed E-state index contributed by atoms with van der Waals surface area (Å²) < 4.78 is 5.48. The number of carbonyl (C=O) groups excluding carboxylic acids is 2. The lowest BCUT2D eigenvalue weighted by molar-refractivity contribution is -0.143. The first kappa shape index (κ1) is 76.6. The number of esters is 1. The normalized spacial score (nSPS) is 12.5. The summed E-state index contributed by atoms with van der Waals surface area (Å²) in [5, 5.41) is 23.2. The van der Waals surface area contributed by atoms with Crippen LogP contribution in [0.5, 0.6) is 0 Å². The van der Waals surface area contributed by atoms with Crippen LogP contribution in [0.2, 0.25) is 0 Å². The third-order valence-corrected chi connectivity index (χ3v) is 17.1. The lowest BCUT2D eigenvalue weighted by atomic mass is 10.0. The van der Waals surface area contributed by atoms with Crippen molar-refractivity contribution in [2.45, 2.75) is 424 Å². The summed E-state index contributed by atoms with van der Waals surface area (Å²) in [5.74, 6) is -0.0392. The Balaban J connectivity index is 3.36. The minimum atomic E-state index is -0.842. The summed E-state index contributed by atoms with van der Waals surface area (Å²) in [6.45, 7) is 4.95. The molecule has 0 saturated heterocycles. The molecule has 2 unspecified atom stereocenters. The van der Waals surface area contributed by atoms with Crippen molar-refractivity contribution in [3.05, 3.63) is 12.2 Å². The molecule has 0 aromatic carbocycles. The van der Waals surface area contributed by atoms with Gasteiger partial charge >= 0.3 is 5.97 Å². The maximum absolute atomic E-state index is 12.5. The first-order valence-electron chi connectivity index (χ1n) is 36.0. The monoisotopic (exact) mass is 1100 g/mol. The lowest BCUT2D eigenvalue weighted by Gasteiger charge is -2.20. The van der Waals surface area contributed by atoms with E-state index in [1.165, 1.54) is 347 Å². The molecular formula is C72H141NO5. The van der Waals surface area contributed by atoms with Crippen LogP contribution in [0.25, 0.3) is 0 Å². The molecule has 464 valence electrons. The van der Waals surface area contributed by atoms with Crippen LogP contribution in [-0.2, 0) is 14.3 Å². The van der Waals surface area contributed by atoms with Gasteiger partial charge in [-0.25, -0.2) is 0 Å². The zero-order chi connectivity index (χ0) is 56.4. The molecule has 0 spiro atoms. The minimum absolute atomic E-state index is 0.0204. The number of unbranched alkanes of at least 4 members (excludes halogenated alkanes) is 57. The molecule has 0 aromatic heterocycles. The SMILES string of the molecule is CCCCCCCCCCCCCCCCCCCC/C=C/C(O)C(CO)NC(=O)CCCCCCCCCCCCCCCCCCCCCCCCCCCCCCCCOC(=O)CCCCCCCCCCCCC. The predicted molar refractivity (Wildman–Crippen MR) is 343 cm³/mol. The summed E-state index contributed by atoms with van der Waals surface area (Å²) in [5.41, 5.74) is 0. The fourth-order valence-electron chi connectivity index (χ4n) is 11.6. The smallest absolute Gasteiger partial charge is 0.305 e. The van der Waals surface area contributed by atoms with Crippen molar-refractivity contribution < 1.29 is 24.5 Å². The quantitative estimate of drug-likeness (QED) is 0.0320. The van der Waals surface area contributed by atoms with Gasteiger partial charge in [0.05, 0.1) is 25.4 Å². The number of aliphatic hydroxyl groups is 2. The number of ether oxygens (including phenoxy) is 1. The third kappa shape index (κ3) is 63.8. The van der Waals surface area contributed by atoms with Crippen LogP contribution in [0.15, 0.2) is 12.2 Å². The number of rotatable bonds is 68. The Morgan fingerprint density at radius 1 is 0.346 bits per heavy atom. The van der Waals surface area contributed by atoms with Crippen molar-refractivity contribution >= 4 is 11.9 Å². The van der Waals surface area contributed by atoms with Gasteiger partial charge in [0.25, 0.3) is 0 Å². The fourth-order valence-corrected chi connectivity index (χ4v) is 11.6. The number of amides is 1. The molecule has 0 radical (unpaired) electrons. The van der Waals surface area contributed by atoms with Gasteiger partial charge in [0.2, 0.25) is 5.91 Å². The van der Waals surface area contributed by atoms with Gasteiger partial charge in [0.1, 0.15) is 0 Å². The molecule has 1 amide bonds. The summed E-state index contributed by atoms with van der Waals surface area (Å²) in [4.78, 5) is 24.5. The number of nitrogens with one attached hydrogen (secondary N) is 1. The second-order valence-corrected chi connectivity index (χ2v) is 24.9. The zero-order valence-electron chi connectivity index (χ0n) is 53.2. The van der Waals surface area contributed by atoms with E-state index in [0.29, 0.717) is 19.4 Å². The molecular weight excluding hydrogens is 959 g/mol. The van der Waals surface area contributed by atoms with E-state index in [4.69, 9.17) is 4.74 Å². The second-order valence-electron chi connectivity index (χ2n) is 24.9. The average molecular weight is 1100 g/mol. The van der Waals surface area contributed by atoms with Crippen molar-refractivity contribution in [1.29, 1.82) is 0 Å². The van der Waals surface area contributed by atoms with Crippen molar-refractivity contribution in [3.63, 3.8) is 0 Å². The molecule has 78 heavy (non-hydrogen) atoms. The van der Waals surface area contributed by atoms with E-state index in [2.05, 4.69) is 19.2 Å². The van der Waals surface area contributed by atoms with Crippen molar-refractivity contribution in [2.24, 2.45) is 0 Å². The van der Waals surface area contributed by atoms with Gasteiger partial charge in [-0.1, -0.05) is 379 Å². The Hall–Kier alpha value is -1.40. The standard InChI is InChI=1S/C72H141NO5/c1-3-5-7-9-11-13-15-16-17-18-19-32-35-38-41-45-48-52-56-60-64-70(75)69(68-74)73-71(76)65-61-57-53-49-46-42-39-36-33-30-28-26-24-22-20-21-23-25-27-29-31-34-37-40-43-47-51-55-59-63-67-78-72(77)66-62-58-54-50-44-14-12-10-8-6-4-2/h60,64,69-70,74-75H,3-59,61-63,65-68H2,1-2H3,(H,73,76)/b64-60+. The second kappa shape index (κ2) is 68.1. The first-order valence-corrected chi connectivity index (χ1v) is 36.0. The molecule has 2 atom stereocenters. The first-order chi connectivity index (χ1) is 38.5. The zero-order valence-corrected chi connectivity index (χ0v) is 53.2. The van der Waals surface area contributed by atoms with Crippen LogP contribution in [0.1, 0.15) is 412 Å². The molecule has 6 heteroatoms. The molecule has 3 N–H and O–H groups in total. The van der Waals surface area contributed by atoms with Crippen LogP contribution in [-0.4, -0.2) is 47.4 Å². The Morgan fingerprint density at radius 2 is 0.590 bits per heavy atom. The van der Waals surface area contributed by atoms with Gasteiger partial charge in [-0.05, 0) is 32.1 Å². The molecule has 0 bridgehead atoms. The van der Waals surface area contributed by atoms with Crippen molar-refractivity contribution in [3.8, 4) is 0 Å². The number of allylic oxidation sites excluding steroid dienone is 1. The van der Waals surface area contributed by atoms with Crippen molar-refractivity contribution in [2.75, 3.05) is 13.2 Å². The number of hydrogen-bond donors (Lipinski definition) is 3. The van der Waals surface area contributed by atoms with E-state index in [1.54, 1.807) is 6.08 Å². The van der Waals surface area contributed by atoms with Gasteiger partial charge in [-0.15, -0.1) is 0 Å². The molecule has 0 aliphatic heterocycles. The van der Waals surface area contributed by atoms with Gasteiger partial charge in [-0.3, -0.25) is 9.59 Å². The van der Waals surface area contributed by atoms with Crippen LogP contribution in [0.3, 0.4) is 0 Å². The van der Waals surface area contributed by atoms with Gasteiger partial charge in [0, 0.05) is 12.8 Å². The summed E-state index contributed by atoms with van der Waals surface area (Å²) in [6.07, 6.45) is 84.5. The number of hydrogen-bond acceptors (Lipinski definition) is 5. The Morgan fingerprint density at radius 3 is 0.872 bits per heavy atom. The molecule has 0 aliphatic carbocycles. The average Bonchev–Trinajstić information content (AvgIpc) is 3.44. The number of aliphatic hydroxyl groups excluding tert-OH is 2. The molecule has 6 nitrogen and oxygen atoms in total. The summed E-state index contributed by atoms with van der Waals surface area (Å²) >= 11 is 0. The highest BCUT2D eigenvalue weighted by molar-refractivity contribution is 5.76. The van der Waals surface area contributed by atoms with Gasteiger partial charge in [0.15, 0.2) is 0 Å². The topological polar surface area (TPSA) is 95.9 Å². The Labute approximate surface area is 489 Å². The maximum Gasteiger partial charge on any atom is 0.305 e. The molecule has 0 rings (SSSR count). The minimum Gasteiger partial charge on any atom is -0.466 e. The summed E-state index contributed by atoms with van der Waals surface area (Å²) in [6, 6.07) is -0.625. The molecule has 0 fully saturated rings. The lowest BCUT2D eigenvalue weighted by Crippen LogP contribution is -2.45. The van der Waals surface area contributed by atoms with Crippen LogP contribution in [0, 0.1) is 0 Å². The van der Waals surface area contributed by atoms with E-state index in [1.807, 2.05) is 6.08 Å². The highest BCUT2D eigenvalue weighted by Gasteiger charge is 2.18. The van der Waals surface area contributed by atoms with Gasteiger partial charge < -0.3 is 20.3 Å². The third-order valence-electron chi connectivity index (χ3n) is 17.1. The molecule has 0 aliphatic rings. The largest absolute Gasteiger partial charge is 0.466 e. The van der Waals surface area contributed by atoms with E-state index in [-0.39, 0.29) is 18.5 Å². The maximum atomic E-state index is 12.5. The van der Waals surface area contributed by atoms with Crippen LogP contribution < -0.4 is 5.32 Å². The Bertz CT molecular complexity index is 1180. The van der Waals surface area contributed by atoms with Gasteiger partial charge in [-0.2, -0.15) is 0 Å². The Kier molecular flexibility index (Phi) is 66.9. The van der Waals surface area contributed by atoms with E-state index in [9.17, 15) is 19.8 Å². The van der Waals surface area contributed by atoms with Crippen molar-refractivity contribution in [1.82, 2.24) is 5.32 Å². The highest BCUT2D eigenvalue weighted by Crippen LogP contribution is 2.19. The highest BCUT2D eigenvalue weighted by atomic mass is 16.5. The van der Waals surface area contributed by atoms with E-state index >= 15 is 0 Å². The molecule has 0 saturated carbocycles. The molecule has 0 heterocycles.